The van der Waals surface area contributed by atoms with Gasteiger partial charge in [0.1, 0.15) is 5.82 Å². The topological polar surface area (TPSA) is 83.6 Å². The number of hydrogen-bond acceptors (Lipinski definition) is 4. The number of hydrogen-bond donors (Lipinski definition) is 2. The number of aromatic nitrogens is 1. The first kappa shape index (κ1) is 16.5. The van der Waals surface area contributed by atoms with E-state index >= 15 is 0 Å². The highest BCUT2D eigenvalue weighted by molar-refractivity contribution is 6.05. The number of nitrogens with one attached hydrogen (secondary N) is 2. The lowest BCUT2D eigenvalue weighted by Crippen LogP contribution is -2.37. The van der Waals surface area contributed by atoms with E-state index in [-0.39, 0.29) is 11.9 Å². The highest BCUT2D eigenvalue weighted by atomic mass is 16.5. The summed E-state index contributed by atoms with van der Waals surface area (Å²) in [5.74, 6) is 0.698. The van der Waals surface area contributed by atoms with Crippen molar-refractivity contribution in [1.29, 1.82) is 0 Å². The fourth-order valence-electron chi connectivity index (χ4n) is 3.49. The fourth-order valence-corrected chi connectivity index (χ4v) is 3.49. The van der Waals surface area contributed by atoms with E-state index in [0.717, 1.165) is 5.56 Å². The molecule has 2 N–H and O–H groups in total. The first-order valence-electron chi connectivity index (χ1n) is 8.62. The number of rotatable bonds is 3. The van der Waals surface area contributed by atoms with Gasteiger partial charge < -0.3 is 15.0 Å². The second kappa shape index (κ2) is 6.42. The summed E-state index contributed by atoms with van der Waals surface area (Å²) in [7, 11) is 0. The van der Waals surface area contributed by atoms with E-state index in [4.69, 9.17) is 4.74 Å². The van der Waals surface area contributed by atoms with Gasteiger partial charge in [-0.25, -0.2) is 9.78 Å². The molecule has 1 saturated heterocycles. The first-order chi connectivity index (χ1) is 12.6. The highest BCUT2D eigenvalue weighted by Gasteiger charge is 2.48. The quantitative estimate of drug-likeness (QED) is 0.888. The van der Waals surface area contributed by atoms with Gasteiger partial charge in [-0.3, -0.25) is 10.1 Å². The number of amides is 3. The van der Waals surface area contributed by atoms with E-state index in [0.29, 0.717) is 29.6 Å². The molecule has 7 heteroatoms. The van der Waals surface area contributed by atoms with Gasteiger partial charge in [-0.15, -0.1) is 0 Å². The van der Waals surface area contributed by atoms with Crippen molar-refractivity contribution >= 4 is 23.4 Å². The number of fused-ring (bicyclic) bond motifs is 3. The predicted octanol–water partition coefficient (Wildman–Crippen LogP) is 3.23. The molecule has 2 aliphatic heterocycles. The molecule has 134 valence electrons. The number of anilines is 2. The Hall–Kier alpha value is -2.93. The number of benzene rings is 1. The van der Waals surface area contributed by atoms with Crippen LogP contribution in [0.1, 0.15) is 36.0 Å². The Balaban J connectivity index is 1.60. The average Bonchev–Trinajstić information content (AvgIpc) is 3.17. The minimum atomic E-state index is -0.448. The molecule has 0 saturated carbocycles. The summed E-state index contributed by atoms with van der Waals surface area (Å²) < 4.78 is 5.91. The summed E-state index contributed by atoms with van der Waals surface area (Å²) in [6, 6.07) is 10.2. The van der Waals surface area contributed by atoms with Crippen molar-refractivity contribution in [3.8, 4) is 0 Å². The van der Waals surface area contributed by atoms with Gasteiger partial charge in [0.2, 0.25) is 0 Å². The normalized spacial score (nSPS) is 20.9. The van der Waals surface area contributed by atoms with E-state index in [9.17, 15) is 9.59 Å². The third kappa shape index (κ3) is 2.70. The van der Waals surface area contributed by atoms with Gasteiger partial charge in [0.15, 0.2) is 6.23 Å². The molecule has 0 radical (unpaired) electrons. The van der Waals surface area contributed by atoms with Gasteiger partial charge in [0.05, 0.1) is 18.3 Å². The zero-order chi connectivity index (χ0) is 18.3. The van der Waals surface area contributed by atoms with E-state index in [1.165, 1.54) is 0 Å². The standard InChI is InChI=1S/C19H20N4O3/c1-11(2)14-10-26-18-16-12(17(24)23(14)18)6-5-7-13(16)21-19(25)22-15-8-3-4-9-20-15/h3-9,11,14,18H,10H2,1-2H3,(H2,20,21,22,25). The van der Waals surface area contributed by atoms with Crippen LogP contribution in [0.5, 0.6) is 0 Å². The molecule has 2 aliphatic rings. The zero-order valence-corrected chi connectivity index (χ0v) is 14.6. The molecule has 1 aromatic heterocycles. The fraction of sp³-hybridized carbons (Fsp3) is 0.316. The van der Waals surface area contributed by atoms with Gasteiger partial charge in [0, 0.05) is 17.3 Å². The Kier molecular flexibility index (Phi) is 4.08. The van der Waals surface area contributed by atoms with Gasteiger partial charge in [-0.05, 0) is 30.2 Å². The molecule has 0 bridgehead atoms. The van der Waals surface area contributed by atoms with Crippen LogP contribution in [0.25, 0.3) is 0 Å². The molecule has 7 nitrogen and oxygen atoms in total. The predicted molar refractivity (Wildman–Crippen MR) is 96.8 cm³/mol. The molecule has 3 heterocycles. The Morgan fingerprint density at radius 3 is 2.81 bits per heavy atom. The molecule has 0 spiro atoms. The van der Waals surface area contributed by atoms with Crippen molar-refractivity contribution in [2.75, 3.05) is 17.2 Å². The lowest BCUT2D eigenvalue weighted by atomic mass is 10.0. The second-order valence-electron chi connectivity index (χ2n) is 6.77. The first-order valence-corrected chi connectivity index (χ1v) is 8.62. The SMILES string of the molecule is CC(C)C1COC2c3c(NC(=O)Nc4ccccn4)cccc3C(=O)N21. The molecule has 1 aromatic carbocycles. The molecule has 2 aromatic rings. The van der Waals surface area contributed by atoms with Crippen molar-refractivity contribution in [2.24, 2.45) is 5.92 Å². The smallest absolute Gasteiger partial charge is 0.324 e. The molecule has 2 unspecified atom stereocenters. The van der Waals surface area contributed by atoms with Crippen molar-refractivity contribution < 1.29 is 14.3 Å². The van der Waals surface area contributed by atoms with Crippen LogP contribution in [0, 0.1) is 5.92 Å². The summed E-state index contributed by atoms with van der Waals surface area (Å²) >= 11 is 0. The van der Waals surface area contributed by atoms with Crippen LogP contribution >= 0.6 is 0 Å². The third-order valence-electron chi connectivity index (χ3n) is 4.78. The molecule has 2 atom stereocenters. The Morgan fingerprint density at radius 1 is 1.23 bits per heavy atom. The Morgan fingerprint density at radius 2 is 2.08 bits per heavy atom. The maximum Gasteiger partial charge on any atom is 0.324 e. The molecule has 4 rings (SSSR count). The monoisotopic (exact) mass is 352 g/mol. The third-order valence-corrected chi connectivity index (χ3v) is 4.78. The second-order valence-corrected chi connectivity index (χ2v) is 6.77. The van der Waals surface area contributed by atoms with E-state index < -0.39 is 12.3 Å². The Labute approximate surface area is 151 Å². The van der Waals surface area contributed by atoms with Crippen LogP contribution < -0.4 is 10.6 Å². The largest absolute Gasteiger partial charge is 0.352 e. The summed E-state index contributed by atoms with van der Waals surface area (Å²) in [4.78, 5) is 31.0. The van der Waals surface area contributed by atoms with E-state index in [1.807, 2.05) is 0 Å². The van der Waals surface area contributed by atoms with Crippen molar-refractivity contribution in [1.82, 2.24) is 9.88 Å². The van der Waals surface area contributed by atoms with Crippen LogP contribution in [-0.4, -0.2) is 34.5 Å². The maximum absolute atomic E-state index is 12.8. The molecule has 1 fully saturated rings. The minimum absolute atomic E-state index is 0.0371. The number of carbonyl (C=O) groups excluding carboxylic acids is 2. The lowest BCUT2D eigenvalue weighted by Gasteiger charge is -2.24. The number of carbonyl (C=O) groups is 2. The molecular weight excluding hydrogens is 332 g/mol. The van der Waals surface area contributed by atoms with Crippen LogP contribution in [-0.2, 0) is 4.74 Å². The molecular formula is C19H20N4O3. The Bertz CT molecular complexity index is 853. The van der Waals surface area contributed by atoms with Crippen LogP contribution in [0.4, 0.5) is 16.3 Å². The van der Waals surface area contributed by atoms with Gasteiger partial charge in [-0.1, -0.05) is 26.0 Å². The highest BCUT2D eigenvalue weighted by Crippen LogP contribution is 2.45. The average molecular weight is 352 g/mol. The van der Waals surface area contributed by atoms with Crippen LogP contribution in [0.15, 0.2) is 42.6 Å². The molecule has 26 heavy (non-hydrogen) atoms. The van der Waals surface area contributed by atoms with Crippen LogP contribution in [0.3, 0.4) is 0 Å². The lowest BCUT2D eigenvalue weighted by molar-refractivity contribution is 0.0342. The summed E-state index contributed by atoms with van der Waals surface area (Å²) in [6.45, 7) is 4.65. The number of pyridine rings is 1. The summed E-state index contributed by atoms with van der Waals surface area (Å²) in [6.07, 6.45) is 1.15. The zero-order valence-electron chi connectivity index (χ0n) is 14.6. The molecule has 0 aliphatic carbocycles. The van der Waals surface area contributed by atoms with Gasteiger partial charge in [-0.2, -0.15) is 0 Å². The number of ether oxygens (including phenoxy) is 1. The van der Waals surface area contributed by atoms with Crippen LogP contribution in [0.2, 0.25) is 0 Å². The van der Waals surface area contributed by atoms with Gasteiger partial charge in [0.25, 0.3) is 5.91 Å². The van der Waals surface area contributed by atoms with Crippen molar-refractivity contribution in [3.63, 3.8) is 0 Å². The van der Waals surface area contributed by atoms with Crippen molar-refractivity contribution in [3.05, 3.63) is 53.7 Å². The molecule has 3 amide bonds. The van der Waals surface area contributed by atoms with E-state index in [2.05, 4.69) is 29.5 Å². The summed E-state index contributed by atoms with van der Waals surface area (Å²) in [5.41, 5.74) is 1.87. The number of nitrogens with zero attached hydrogens (tertiary/aromatic N) is 2. The number of urea groups is 1. The minimum Gasteiger partial charge on any atom is -0.352 e. The maximum atomic E-state index is 12.8. The van der Waals surface area contributed by atoms with E-state index in [1.54, 1.807) is 47.5 Å². The van der Waals surface area contributed by atoms with Gasteiger partial charge >= 0.3 is 6.03 Å². The summed E-state index contributed by atoms with van der Waals surface area (Å²) in [5, 5.41) is 5.50. The van der Waals surface area contributed by atoms with Crippen molar-refractivity contribution in [2.45, 2.75) is 26.1 Å².